The quantitative estimate of drug-likeness (QED) is 0.814. The zero-order chi connectivity index (χ0) is 13.2. The van der Waals surface area contributed by atoms with Gasteiger partial charge >= 0.3 is 0 Å². The Hall–Kier alpha value is -2.26. The minimum atomic E-state index is -3.19. The van der Waals surface area contributed by atoms with Crippen molar-refractivity contribution in [2.24, 2.45) is 0 Å². The summed E-state index contributed by atoms with van der Waals surface area (Å²) < 4.78 is 22.6. The van der Waals surface area contributed by atoms with Crippen molar-refractivity contribution < 1.29 is 8.42 Å². The molecule has 0 atom stereocenters. The van der Waals surface area contributed by atoms with Crippen LogP contribution in [0.15, 0.2) is 41.3 Å². The van der Waals surface area contributed by atoms with Gasteiger partial charge in [0.1, 0.15) is 6.07 Å². The lowest BCUT2D eigenvalue weighted by molar-refractivity contribution is 0.602. The second-order valence-corrected chi connectivity index (χ2v) is 5.73. The molecule has 0 N–H and O–H groups in total. The zero-order valence-corrected chi connectivity index (χ0v) is 10.3. The summed E-state index contributed by atoms with van der Waals surface area (Å²) in [6, 6.07) is 11.5. The lowest BCUT2D eigenvalue weighted by Crippen LogP contribution is -1.96. The molecule has 0 spiro atoms. The van der Waals surface area contributed by atoms with Crippen LogP contribution >= 0.6 is 0 Å². The molecule has 90 valence electrons. The van der Waals surface area contributed by atoms with Crippen LogP contribution in [0.25, 0.3) is 11.3 Å². The van der Waals surface area contributed by atoms with Crippen molar-refractivity contribution >= 4 is 9.84 Å². The topological polar surface area (TPSA) is 83.7 Å². The molecule has 0 saturated heterocycles. The van der Waals surface area contributed by atoms with Gasteiger partial charge in [0, 0.05) is 11.8 Å². The number of aromatic nitrogens is 2. The number of nitriles is 1. The predicted octanol–water partition coefficient (Wildman–Crippen LogP) is 1.42. The summed E-state index contributed by atoms with van der Waals surface area (Å²) in [6.45, 7) is 0. The maximum atomic E-state index is 11.3. The first-order valence-corrected chi connectivity index (χ1v) is 6.94. The maximum Gasteiger partial charge on any atom is 0.175 e. The molecule has 0 aliphatic carbocycles. The lowest BCUT2D eigenvalue weighted by Gasteiger charge is -2.01. The number of rotatable bonds is 2. The average Bonchev–Trinajstić information content (AvgIpc) is 2.38. The molecule has 1 aromatic carbocycles. The monoisotopic (exact) mass is 259 g/mol. The van der Waals surface area contributed by atoms with E-state index in [4.69, 9.17) is 5.26 Å². The van der Waals surface area contributed by atoms with E-state index in [1.807, 2.05) is 6.07 Å². The summed E-state index contributed by atoms with van der Waals surface area (Å²) in [4.78, 5) is 0.257. The minimum absolute atomic E-state index is 0.242. The van der Waals surface area contributed by atoms with Crippen molar-refractivity contribution in [3.8, 4) is 17.3 Å². The first-order valence-electron chi connectivity index (χ1n) is 5.05. The molecule has 0 radical (unpaired) electrons. The molecule has 1 aromatic heterocycles. The zero-order valence-electron chi connectivity index (χ0n) is 9.53. The predicted molar refractivity (Wildman–Crippen MR) is 65.3 cm³/mol. The van der Waals surface area contributed by atoms with E-state index in [9.17, 15) is 8.42 Å². The Morgan fingerprint density at radius 2 is 1.72 bits per heavy atom. The number of sulfone groups is 1. The molecule has 0 bridgehead atoms. The second kappa shape index (κ2) is 4.55. The first kappa shape index (κ1) is 12.2. The molecule has 0 aliphatic heterocycles. The molecule has 0 unspecified atom stereocenters. The molecule has 0 aliphatic rings. The van der Waals surface area contributed by atoms with Gasteiger partial charge in [0.05, 0.1) is 10.6 Å². The Bertz CT molecular complexity index is 698. The lowest BCUT2D eigenvalue weighted by atomic mass is 10.1. The van der Waals surface area contributed by atoms with E-state index in [2.05, 4.69) is 10.2 Å². The van der Waals surface area contributed by atoms with Crippen LogP contribution in [-0.4, -0.2) is 24.9 Å². The van der Waals surface area contributed by atoms with Gasteiger partial charge in [-0.1, -0.05) is 12.1 Å². The van der Waals surface area contributed by atoms with Crippen LogP contribution in [0.4, 0.5) is 0 Å². The Morgan fingerprint density at radius 3 is 2.17 bits per heavy atom. The third kappa shape index (κ3) is 2.52. The van der Waals surface area contributed by atoms with E-state index in [0.29, 0.717) is 5.69 Å². The van der Waals surface area contributed by atoms with Gasteiger partial charge in [-0.15, -0.1) is 10.2 Å². The molecule has 5 nitrogen and oxygen atoms in total. The van der Waals surface area contributed by atoms with E-state index >= 15 is 0 Å². The third-order valence-electron chi connectivity index (χ3n) is 2.36. The van der Waals surface area contributed by atoms with Crippen LogP contribution in [-0.2, 0) is 9.84 Å². The van der Waals surface area contributed by atoms with E-state index in [1.54, 1.807) is 24.3 Å². The van der Waals surface area contributed by atoms with Crippen molar-refractivity contribution in [2.45, 2.75) is 4.90 Å². The summed E-state index contributed by atoms with van der Waals surface area (Å²) in [5, 5.41) is 16.2. The van der Waals surface area contributed by atoms with E-state index in [0.717, 1.165) is 11.8 Å². The Morgan fingerprint density at radius 1 is 1.06 bits per heavy atom. The van der Waals surface area contributed by atoms with E-state index in [-0.39, 0.29) is 10.6 Å². The van der Waals surface area contributed by atoms with Crippen LogP contribution in [0.3, 0.4) is 0 Å². The van der Waals surface area contributed by atoms with Crippen LogP contribution < -0.4 is 0 Å². The van der Waals surface area contributed by atoms with Crippen LogP contribution in [0.5, 0.6) is 0 Å². The molecule has 0 saturated carbocycles. The SMILES string of the molecule is CS(=O)(=O)c1ccc(-c2ccc(C#N)nn2)cc1. The summed E-state index contributed by atoms with van der Waals surface area (Å²) in [5.74, 6) is 0. The van der Waals surface area contributed by atoms with Gasteiger partial charge in [0.15, 0.2) is 15.5 Å². The molecular weight excluding hydrogens is 250 g/mol. The summed E-state index contributed by atoms with van der Waals surface area (Å²) >= 11 is 0. The van der Waals surface area contributed by atoms with Gasteiger partial charge in [-0.05, 0) is 24.3 Å². The highest BCUT2D eigenvalue weighted by atomic mass is 32.2. The van der Waals surface area contributed by atoms with Crippen molar-refractivity contribution in [2.75, 3.05) is 6.26 Å². The number of hydrogen-bond acceptors (Lipinski definition) is 5. The van der Waals surface area contributed by atoms with Gasteiger partial charge in [-0.25, -0.2) is 8.42 Å². The molecular formula is C12H9N3O2S. The van der Waals surface area contributed by atoms with Crippen molar-refractivity contribution in [1.82, 2.24) is 10.2 Å². The largest absolute Gasteiger partial charge is 0.224 e. The normalized spacial score (nSPS) is 10.9. The van der Waals surface area contributed by atoms with Crippen molar-refractivity contribution in [1.29, 1.82) is 5.26 Å². The standard InChI is InChI=1S/C12H9N3O2S/c1-18(16,17)11-5-2-9(3-6-11)12-7-4-10(8-13)14-15-12/h2-7H,1H3. The molecule has 2 rings (SSSR count). The van der Waals surface area contributed by atoms with Crippen LogP contribution in [0.1, 0.15) is 5.69 Å². The van der Waals surface area contributed by atoms with Gasteiger partial charge in [-0.2, -0.15) is 5.26 Å². The van der Waals surface area contributed by atoms with Crippen LogP contribution in [0, 0.1) is 11.3 Å². The van der Waals surface area contributed by atoms with Gasteiger partial charge in [-0.3, -0.25) is 0 Å². The highest BCUT2D eigenvalue weighted by molar-refractivity contribution is 7.90. The summed E-state index contributed by atoms with van der Waals surface area (Å²) in [7, 11) is -3.19. The van der Waals surface area contributed by atoms with Gasteiger partial charge < -0.3 is 0 Å². The van der Waals surface area contributed by atoms with Crippen molar-refractivity contribution in [3.05, 3.63) is 42.1 Å². The first-order chi connectivity index (χ1) is 8.50. The molecule has 2 aromatic rings. The fraction of sp³-hybridized carbons (Fsp3) is 0.0833. The molecule has 0 fully saturated rings. The number of nitrogens with zero attached hydrogens (tertiary/aromatic N) is 3. The van der Waals surface area contributed by atoms with Crippen molar-refractivity contribution in [3.63, 3.8) is 0 Å². The summed E-state index contributed by atoms with van der Waals surface area (Å²) in [6.07, 6.45) is 1.16. The summed E-state index contributed by atoms with van der Waals surface area (Å²) in [5.41, 5.74) is 1.58. The Balaban J connectivity index is 2.38. The second-order valence-electron chi connectivity index (χ2n) is 3.71. The molecule has 6 heteroatoms. The Labute approximate surface area is 105 Å². The van der Waals surface area contributed by atoms with Gasteiger partial charge in [0.2, 0.25) is 0 Å². The maximum absolute atomic E-state index is 11.3. The smallest absolute Gasteiger partial charge is 0.175 e. The fourth-order valence-electron chi connectivity index (χ4n) is 1.42. The molecule has 0 amide bonds. The average molecular weight is 259 g/mol. The van der Waals surface area contributed by atoms with Gasteiger partial charge in [0.25, 0.3) is 0 Å². The van der Waals surface area contributed by atoms with Crippen LogP contribution in [0.2, 0.25) is 0 Å². The molecule has 18 heavy (non-hydrogen) atoms. The third-order valence-corrected chi connectivity index (χ3v) is 3.49. The number of hydrogen-bond donors (Lipinski definition) is 0. The van der Waals surface area contributed by atoms with E-state index < -0.39 is 9.84 Å². The highest BCUT2D eigenvalue weighted by Crippen LogP contribution is 2.18. The highest BCUT2D eigenvalue weighted by Gasteiger charge is 2.07. The fourth-order valence-corrected chi connectivity index (χ4v) is 2.05. The molecule has 1 heterocycles. The minimum Gasteiger partial charge on any atom is -0.224 e. The number of benzene rings is 1. The Kier molecular flexibility index (Phi) is 3.08. The van der Waals surface area contributed by atoms with E-state index in [1.165, 1.54) is 12.1 Å².